The molecule has 1 aliphatic carbocycles. The second kappa shape index (κ2) is 4.89. The molecule has 20 heavy (non-hydrogen) atoms. The molecule has 2 heteroatoms. The highest BCUT2D eigenvalue weighted by molar-refractivity contribution is 5.83. The lowest BCUT2D eigenvalue weighted by Gasteiger charge is -2.40. The molecule has 0 aliphatic heterocycles. The molecular weight excluding hydrogens is 246 g/mol. The van der Waals surface area contributed by atoms with Crippen LogP contribution < -0.4 is 5.73 Å². The Morgan fingerprint density at radius 2 is 1.85 bits per heavy atom. The predicted molar refractivity (Wildman–Crippen MR) is 83.6 cm³/mol. The molecule has 0 bridgehead atoms. The van der Waals surface area contributed by atoms with Crippen molar-refractivity contribution in [2.24, 2.45) is 5.73 Å². The Morgan fingerprint density at radius 1 is 1.10 bits per heavy atom. The smallest absolute Gasteiger partial charge is 0.0661 e. The van der Waals surface area contributed by atoms with Gasteiger partial charge < -0.3 is 10.8 Å². The number of aliphatic hydroxyl groups is 1. The molecule has 2 nitrogen and oxygen atoms in total. The SMILES string of the molecule is CC(O)C1(c2ccc3ccccc3c2)C=CC=CC1N. The minimum Gasteiger partial charge on any atom is -0.392 e. The molecule has 3 N–H and O–H groups in total. The van der Waals surface area contributed by atoms with Crippen molar-refractivity contribution >= 4 is 10.8 Å². The number of aliphatic hydroxyl groups excluding tert-OH is 1. The summed E-state index contributed by atoms with van der Waals surface area (Å²) in [5.41, 5.74) is 6.79. The normalized spacial score (nSPS) is 26.9. The number of hydrogen-bond donors (Lipinski definition) is 2. The Morgan fingerprint density at radius 3 is 2.55 bits per heavy atom. The summed E-state index contributed by atoms with van der Waals surface area (Å²) in [6.07, 6.45) is 7.31. The topological polar surface area (TPSA) is 46.2 Å². The summed E-state index contributed by atoms with van der Waals surface area (Å²) in [5, 5.41) is 12.7. The van der Waals surface area contributed by atoms with E-state index in [0.29, 0.717) is 0 Å². The molecule has 3 rings (SSSR count). The second-order valence-corrected chi connectivity index (χ2v) is 5.44. The van der Waals surface area contributed by atoms with E-state index in [-0.39, 0.29) is 6.04 Å². The maximum atomic E-state index is 10.4. The van der Waals surface area contributed by atoms with E-state index >= 15 is 0 Å². The van der Waals surface area contributed by atoms with Crippen LogP contribution in [0.2, 0.25) is 0 Å². The predicted octanol–water partition coefficient (Wildman–Crippen LogP) is 2.91. The standard InChI is InChI=1S/C18H19NO/c1-13(20)18(11-5-4-8-17(18)19)16-10-9-14-6-2-3-7-15(14)12-16/h2-13,17,20H,19H2,1H3. The van der Waals surface area contributed by atoms with Crippen LogP contribution in [0.5, 0.6) is 0 Å². The van der Waals surface area contributed by atoms with Crippen LogP contribution in [0.4, 0.5) is 0 Å². The van der Waals surface area contributed by atoms with Gasteiger partial charge in [0.1, 0.15) is 0 Å². The Balaban J connectivity index is 2.20. The van der Waals surface area contributed by atoms with Crippen LogP contribution in [0.15, 0.2) is 66.8 Å². The van der Waals surface area contributed by atoms with Gasteiger partial charge in [0.05, 0.1) is 11.5 Å². The van der Waals surface area contributed by atoms with Crippen molar-refractivity contribution in [3.8, 4) is 0 Å². The van der Waals surface area contributed by atoms with Crippen LogP contribution in [-0.4, -0.2) is 17.3 Å². The molecule has 3 unspecified atom stereocenters. The average Bonchev–Trinajstić information content (AvgIpc) is 2.47. The van der Waals surface area contributed by atoms with Gasteiger partial charge in [-0.3, -0.25) is 0 Å². The third-order valence-corrected chi connectivity index (χ3v) is 4.29. The minimum absolute atomic E-state index is 0.228. The molecule has 102 valence electrons. The molecule has 0 saturated carbocycles. The van der Waals surface area contributed by atoms with Crippen LogP contribution in [0.25, 0.3) is 10.8 Å². The first kappa shape index (κ1) is 13.1. The molecule has 0 aromatic heterocycles. The second-order valence-electron chi connectivity index (χ2n) is 5.44. The van der Waals surface area contributed by atoms with E-state index in [0.717, 1.165) is 5.56 Å². The Kier molecular flexibility index (Phi) is 3.20. The Labute approximate surface area is 119 Å². The molecule has 1 aliphatic rings. The van der Waals surface area contributed by atoms with Gasteiger partial charge >= 0.3 is 0 Å². The van der Waals surface area contributed by atoms with E-state index in [1.807, 2.05) is 36.4 Å². The van der Waals surface area contributed by atoms with Crippen LogP contribution in [0, 0.1) is 0 Å². The van der Waals surface area contributed by atoms with E-state index in [1.165, 1.54) is 10.8 Å². The van der Waals surface area contributed by atoms with Gasteiger partial charge in [0.15, 0.2) is 0 Å². The number of fused-ring (bicyclic) bond motifs is 1. The molecule has 0 saturated heterocycles. The van der Waals surface area contributed by atoms with E-state index in [4.69, 9.17) is 5.73 Å². The zero-order valence-electron chi connectivity index (χ0n) is 11.5. The van der Waals surface area contributed by atoms with E-state index < -0.39 is 11.5 Å². The number of allylic oxidation sites excluding steroid dienone is 2. The molecule has 0 radical (unpaired) electrons. The number of nitrogens with two attached hydrogens (primary N) is 1. The van der Waals surface area contributed by atoms with Crippen LogP contribution in [-0.2, 0) is 5.41 Å². The first-order valence-corrected chi connectivity index (χ1v) is 6.93. The largest absolute Gasteiger partial charge is 0.392 e. The highest BCUT2D eigenvalue weighted by Gasteiger charge is 2.40. The number of benzene rings is 2. The molecule has 0 spiro atoms. The summed E-state index contributed by atoms with van der Waals surface area (Å²) in [7, 11) is 0. The van der Waals surface area contributed by atoms with Crippen molar-refractivity contribution in [1.82, 2.24) is 0 Å². The highest BCUT2D eigenvalue weighted by Crippen LogP contribution is 2.36. The summed E-state index contributed by atoms with van der Waals surface area (Å²) in [6.45, 7) is 1.80. The van der Waals surface area contributed by atoms with Crippen molar-refractivity contribution in [2.45, 2.75) is 24.5 Å². The van der Waals surface area contributed by atoms with Gasteiger partial charge in [0.25, 0.3) is 0 Å². The maximum Gasteiger partial charge on any atom is 0.0661 e. The first-order chi connectivity index (χ1) is 9.64. The molecule has 3 atom stereocenters. The Bertz CT molecular complexity index is 687. The molecule has 0 fully saturated rings. The lowest BCUT2D eigenvalue weighted by molar-refractivity contribution is 0.115. The fourth-order valence-corrected chi connectivity index (χ4v) is 3.08. The zero-order chi connectivity index (χ0) is 14.2. The molecule has 2 aromatic rings. The maximum absolute atomic E-state index is 10.4. The van der Waals surface area contributed by atoms with Crippen molar-refractivity contribution in [3.63, 3.8) is 0 Å². The monoisotopic (exact) mass is 265 g/mol. The molecule has 0 amide bonds. The fourth-order valence-electron chi connectivity index (χ4n) is 3.08. The lowest BCUT2D eigenvalue weighted by Crippen LogP contribution is -2.51. The zero-order valence-corrected chi connectivity index (χ0v) is 11.5. The third kappa shape index (κ3) is 1.89. The summed E-state index contributed by atoms with van der Waals surface area (Å²) >= 11 is 0. The van der Waals surface area contributed by atoms with Gasteiger partial charge in [-0.15, -0.1) is 0 Å². The summed E-state index contributed by atoms with van der Waals surface area (Å²) in [6, 6.07) is 14.3. The highest BCUT2D eigenvalue weighted by atomic mass is 16.3. The van der Waals surface area contributed by atoms with Gasteiger partial charge in [0, 0.05) is 6.04 Å². The van der Waals surface area contributed by atoms with Crippen molar-refractivity contribution < 1.29 is 5.11 Å². The van der Waals surface area contributed by atoms with Crippen LogP contribution in [0.3, 0.4) is 0 Å². The van der Waals surface area contributed by atoms with Gasteiger partial charge in [-0.2, -0.15) is 0 Å². The fraction of sp³-hybridized carbons (Fsp3) is 0.222. The van der Waals surface area contributed by atoms with Gasteiger partial charge in [-0.05, 0) is 23.3 Å². The molecule has 0 heterocycles. The number of hydrogen-bond acceptors (Lipinski definition) is 2. The van der Waals surface area contributed by atoms with Gasteiger partial charge in [-0.25, -0.2) is 0 Å². The van der Waals surface area contributed by atoms with Crippen molar-refractivity contribution in [2.75, 3.05) is 0 Å². The quantitative estimate of drug-likeness (QED) is 0.877. The summed E-state index contributed by atoms with van der Waals surface area (Å²) < 4.78 is 0. The Hall–Kier alpha value is -1.90. The van der Waals surface area contributed by atoms with Crippen molar-refractivity contribution in [3.05, 3.63) is 72.3 Å². The van der Waals surface area contributed by atoms with Crippen LogP contribution in [0.1, 0.15) is 12.5 Å². The van der Waals surface area contributed by atoms with Gasteiger partial charge in [-0.1, -0.05) is 66.8 Å². The average molecular weight is 265 g/mol. The third-order valence-electron chi connectivity index (χ3n) is 4.29. The lowest BCUT2D eigenvalue weighted by atomic mass is 9.68. The van der Waals surface area contributed by atoms with Gasteiger partial charge in [0.2, 0.25) is 0 Å². The van der Waals surface area contributed by atoms with E-state index in [1.54, 1.807) is 6.92 Å². The van der Waals surface area contributed by atoms with Crippen molar-refractivity contribution in [1.29, 1.82) is 0 Å². The van der Waals surface area contributed by atoms with Crippen LogP contribution >= 0.6 is 0 Å². The molecule has 2 aromatic carbocycles. The number of rotatable bonds is 2. The molecular formula is C18H19NO. The summed E-state index contributed by atoms with van der Waals surface area (Å²) in [4.78, 5) is 0. The first-order valence-electron chi connectivity index (χ1n) is 6.93. The summed E-state index contributed by atoms with van der Waals surface area (Å²) in [5.74, 6) is 0. The van der Waals surface area contributed by atoms with E-state index in [9.17, 15) is 5.11 Å². The minimum atomic E-state index is -0.557. The van der Waals surface area contributed by atoms with E-state index in [2.05, 4.69) is 30.3 Å².